The Hall–Kier alpha value is -2.08. The van der Waals surface area contributed by atoms with Crippen LogP contribution in [-0.4, -0.2) is 18.1 Å². The van der Waals surface area contributed by atoms with Gasteiger partial charge in [0.2, 0.25) is 0 Å². The van der Waals surface area contributed by atoms with Crippen molar-refractivity contribution in [2.45, 2.75) is 12.7 Å². The molecule has 0 aliphatic carbocycles. The smallest absolute Gasteiger partial charge is 0.416 e. The van der Waals surface area contributed by atoms with Gasteiger partial charge in [-0.15, -0.1) is 0 Å². The molecule has 0 fully saturated rings. The first kappa shape index (κ1) is 15.3. The topological polar surface area (TPSA) is 34.1 Å². The third kappa shape index (κ3) is 5.07. The van der Waals surface area contributed by atoms with E-state index in [9.17, 15) is 13.2 Å². The molecule has 1 aromatic carbocycles. The highest BCUT2D eigenvalue weighted by Crippen LogP contribution is 2.30. The lowest BCUT2D eigenvalue weighted by molar-refractivity contribution is -0.137. The van der Waals surface area contributed by atoms with Gasteiger partial charge >= 0.3 is 6.18 Å². The number of aromatic nitrogens is 1. The molecule has 0 amide bonds. The lowest BCUT2D eigenvalue weighted by atomic mass is 10.2. The SMILES string of the molecule is FC(F)(F)c1ccc(OCCNCc2ccncc2)cc1. The summed E-state index contributed by atoms with van der Waals surface area (Å²) in [6.07, 6.45) is -0.879. The zero-order valence-electron chi connectivity index (χ0n) is 11.2. The minimum absolute atomic E-state index is 0.385. The van der Waals surface area contributed by atoms with E-state index in [1.807, 2.05) is 12.1 Å². The average Bonchev–Trinajstić information content (AvgIpc) is 2.47. The highest BCUT2D eigenvalue weighted by Gasteiger charge is 2.29. The monoisotopic (exact) mass is 296 g/mol. The summed E-state index contributed by atoms with van der Waals surface area (Å²) >= 11 is 0. The number of nitrogens with one attached hydrogen (secondary N) is 1. The van der Waals surface area contributed by atoms with Gasteiger partial charge < -0.3 is 10.1 Å². The Kier molecular flexibility index (Phi) is 5.16. The molecule has 1 aromatic heterocycles. The van der Waals surface area contributed by atoms with E-state index in [1.165, 1.54) is 12.1 Å². The van der Waals surface area contributed by atoms with Crippen LogP contribution in [0.25, 0.3) is 0 Å². The van der Waals surface area contributed by atoms with Crippen molar-refractivity contribution < 1.29 is 17.9 Å². The van der Waals surface area contributed by atoms with E-state index in [2.05, 4.69) is 10.3 Å². The molecule has 0 bridgehead atoms. The summed E-state index contributed by atoms with van der Waals surface area (Å²) in [6.45, 7) is 1.68. The summed E-state index contributed by atoms with van der Waals surface area (Å²) in [6, 6.07) is 8.49. The van der Waals surface area contributed by atoms with E-state index in [1.54, 1.807) is 12.4 Å². The summed E-state index contributed by atoms with van der Waals surface area (Å²) in [5.41, 5.74) is 0.435. The molecule has 21 heavy (non-hydrogen) atoms. The Morgan fingerprint density at radius 2 is 1.67 bits per heavy atom. The maximum atomic E-state index is 12.4. The number of ether oxygens (including phenoxy) is 1. The maximum Gasteiger partial charge on any atom is 0.416 e. The third-order valence-corrected chi connectivity index (χ3v) is 2.81. The third-order valence-electron chi connectivity index (χ3n) is 2.81. The van der Waals surface area contributed by atoms with Crippen molar-refractivity contribution in [3.05, 3.63) is 59.9 Å². The summed E-state index contributed by atoms with van der Waals surface area (Å²) < 4.78 is 42.5. The molecule has 0 saturated heterocycles. The number of nitrogens with zero attached hydrogens (tertiary/aromatic N) is 1. The lowest BCUT2D eigenvalue weighted by Crippen LogP contribution is -2.20. The van der Waals surface area contributed by atoms with Crippen molar-refractivity contribution in [2.24, 2.45) is 0 Å². The Labute approximate surface area is 120 Å². The molecule has 0 atom stereocenters. The van der Waals surface area contributed by atoms with Crippen molar-refractivity contribution in [1.82, 2.24) is 10.3 Å². The number of hydrogen-bond donors (Lipinski definition) is 1. The van der Waals surface area contributed by atoms with Crippen LogP contribution in [0.15, 0.2) is 48.8 Å². The standard InChI is InChI=1S/C15H15F3N2O/c16-15(17,18)13-1-3-14(4-2-13)21-10-9-20-11-12-5-7-19-8-6-12/h1-8,20H,9-11H2. The van der Waals surface area contributed by atoms with E-state index < -0.39 is 11.7 Å². The molecule has 1 heterocycles. The predicted molar refractivity (Wildman–Crippen MR) is 72.9 cm³/mol. The molecule has 0 aliphatic heterocycles. The molecule has 1 N–H and O–H groups in total. The molecule has 0 spiro atoms. The Balaban J connectivity index is 1.69. The number of benzene rings is 1. The van der Waals surface area contributed by atoms with Gasteiger partial charge in [-0.25, -0.2) is 0 Å². The van der Waals surface area contributed by atoms with Gasteiger partial charge in [0.1, 0.15) is 12.4 Å². The van der Waals surface area contributed by atoms with Crippen molar-refractivity contribution in [1.29, 1.82) is 0 Å². The van der Waals surface area contributed by atoms with Crippen LogP contribution in [0, 0.1) is 0 Å². The van der Waals surface area contributed by atoms with Crippen LogP contribution in [0.1, 0.15) is 11.1 Å². The fraction of sp³-hybridized carbons (Fsp3) is 0.267. The molecule has 2 rings (SSSR count). The number of pyridine rings is 1. The van der Waals surface area contributed by atoms with Crippen LogP contribution in [0.3, 0.4) is 0 Å². The van der Waals surface area contributed by atoms with Gasteiger partial charge in [-0.2, -0.15) is 13.2 Å². The second kappa shape index (κ2) is 7.08. The van der Waals surface area contributed by atoms with Crippen molar-refractivity contribution in [2.75, 3.05) is 13.2 Å². The van der Waals surface area contributed by atoms with Crippen LogP contribution in [-0.2, 0) is 12.7 Å². The summed E-state index contributed by atoms with van der Waals surface area (Å²) in [5.74, 6) is 0.425. The van der Waals surface area contributed by atoms with Crippen LogP contribution in [0.2, 0.25) is 0 Å². The lowest BCUT2D eigenvalue weighted by Gasteiger charge is -2.09. The van der Waals surface area contributed by atoms with Crippen LogP contribution < -0.4 is 10.1 Å². The molecule has 0 radical (unpaired) electrons. The number of hydrogen-bond acceptors (Lipinski definition) is 3. The molecule has 0 unspecified atom stereocenters. The van der Waals surface area contributed by atoms with E-state index in [0.29, 0.717) is 25.4 Å². The highest BCUT2D eigenvalue weighted by molar-refractivity contribution is 5.28. The largest absolute Gasteiger partial charge is 0.492 e. The van der Waals surface area contributed by atoms with E-state index in [4.69, 9.17) is 4.74 Å². The number of halogens is 3. The molecule has 112 valence electrons. The summed E-state index contributed by atoms with van der Waals surface area (Å²) in [5, 5.41) is 3.17. The van der Waals surface area contributed by atoms with Gasteiger partial charge in [0, 0.05) is 25.5 Å². The van der Waals surface area contributed by atoms with Crippen LogP contribution in [0.4, 0.5) is 13.2 Å². The molecule has 3 nitrogen and oxygen atoms in total. The first-order valence-electron chi connectivity index (χ1n) is 6.45. The Morgan fingerprint density at radius 3 is 2.29 bits per heavy atom. The molecule has 0 aliphatic rings. The number of alkyl halides is 3. The highest BCUT2D eigenvalue weighted by atomic mass is 19.4. The Bertz CT molecular complexity index is 541. The van der Waals surface area contributed by atoms with Gasteiger partial charge in [0.05, 0.1) is 5.56 Å². The molecular formula is C15H15F3N2O. The quantitative estimate of drug-likeness (QED) is 0.831. The minimum atomic E-state index is -4.31. The second-order valence-corrected chi connectivity index (χ2v) is 4.40. The fourth-order valence-electron chi connectivity index (χ4n) is 1.71. The molecule has 6 heteroatoms. The molecule has 0 saturated carbocycles. The van der Waals surface area contributed by atoms with E-state index in [-0.39, 0.29) is 0 Å². The van der Waals surface area contributed by atoms with E-state index in [0.717, 1.165) is 17.7 Å². The van der Waals surface area contributed by atoms with E-state index >= 15 is 0 Å². The first-order chi connectivity index (χ1) is 10.1. The second-order valence-electron chi connectivity index (χ2n) is 4.40. The van der Waals surface area contributed by atoms with Gasteiger partial charge in [-0.3, -0.25) is 4.98 Å². The maximum absolute atomic E-state index is 12.4. The van der Waals surface area contributed by atoms with Crippen molar-refractivity contribution >= 4 is 0 Å². The minimum Gasteiger partial charge on any atom is -0.492 e. The Morgan fingerprint density at radius 1 is 1.00 bits per heavy atom. The first-order valence-corrected chi connectivity index (χ1v) is 6.45. The zero-order valence-corrected chi connectivity index (χ0v) is 11.2. The summed E-state index contributed by atoms with van der Waals surface area (Å²) in [4.78, 5) is 3.92. The zero-order chi connectivity index (χ0) is 15.1. The molecule has 2 aromatic rings. The fourth-order valence-corrected chi connectivity index (χ4v) is 1.71. The van der Waals surface area contributed by atoms with Crippen LogP contribution >= 0.6 is 0 Å². The van der Waals surface area contributed by atoms with Gasteiger partial charge in [0.15, 0.2) is 0 Å². The predicted octanol–water partition coefficient (Wildman–Crippen LogP) is 3.27. The van der Waals surface area contributed by atoms with Gasteiger partial charge in [-0.05, 0) is 42.0 Å². The van der Waals surface area contributed by atoms with Gasteiger partial charge in [-0.1, -0.05) is 0 Å². The molecular weight excluding hydrogens is 281 g/mol. The van der Waals surface area contributed by atoms with Crippen molar-refractivity contribution in [3.8, 4) is 5.75 Å². The van der Waals surface area contributed by atoms with Crippen molar-refractivity contribution in [3.63, 3.8) is 0 Å². The average molecular weight is 296 g/mol. The normalized spacial score (nSPS) is 11.4. The van der Waals surface area contributed by atoms with Gasteiger partial charge in [0.25, 0.3) is 0 Å². The summed E-state index contributed by atoms with van der Waals surface area (Å²) in [7, 11) is 0. The number of rotatable bonds is 6. The van der Waals surface area contributed by atoms with Crippen LogP contribution in [0.5, 0.6) is 5.75 Å².